The lowest BCUT2D eigenvalue weighted by Crippen LogP contribution is -1.98. The number of thiazole rings is 1. The van der Waals surface area contributed by atoms with Gasteiger partial charge in [0, 0.05) is 0 Å². The van der Waals surface area contributed by atoms with Crippen LogP contribution in [-0.2, 0) is 6.42 Å². The van der Waals surface area contributed by atoms with Gasteiger partial charge in [0.15, 0.2) is 0 Å². The molecule has 1 heterocycles. The maximum Gasteiger partial charge on any atom is 0.347 e. The van der Waals surface area contributed by atoms with E-state index in [9.17, 15) is 4.79 Å². The summed E-state index contributed by atoms with van der Waals surface area (Å²) in [6.45, 7) is 2.12. The van der Waals surface area contributed by atoms with Gasteiger partial charge in [-0.15, -0.1) is 11.3 Å². The molecule has 0 saturated heterocycles. The molecule has 1 aromatic heterocycles. The molecule has 4 heteroatoms. The Labute approximate surface area is 81.4 Å². The highest BCUT2D eigenvalue weighted by Crippen LogP contribution is 2.15. The normalized spacial score (nSPS) is 10.2. The zero-order valence-corrected chi connectivity index (χ0v) is 8.43. The van der Waals surface area contributed by atoms with Crippen molar-refractivity contribution in [3.8, 4) is 0 Å². The first-order valence-corrected chi connectivity index (χ1v) is 5.29. The molecule has 3 nitrogen and oxygen atoms in total. The van der Waals surface area contributed by atoms with Crippen LogP contribution in [0.25, 0.3) is 0 Å². The van der Waals surface area contributed by atoms with Gasteiger partial charge in [0.25, 0.3) is 0 Å². The zero-order valence-electron chi connectivity index (χ0n) is 7.62. The molecular formula is C9H13NO2S. The minimum atomic E-state index is -0.853. The van der Waals surface area contributed by atoms with Gasteiger partial charge in [0.1, 0.15) is 4.88 Å². The highest BCUT2D eigenvalue weighted by molar-refractivity contribution is 7.11. The summed E-state index contributed by atoms with van der Waals surface area (Å²) in [6.07, 6.45) is 4.10. The number of carbonyl (C=O) groups is 1. The molecule has 1 N–H and O–H groups in total. The number of unbranched alkanes of at least 4 members (excludes halogenated alkanes) is 2. The SMILES string of the molecule is CCCCCc1ncsc1C(=O)O. The summed E-state index contributed by atoms with van der Waals surface area (Å²) in [5, 5.41) is 8.78. The van der Waals surface area contributed by atoms with Crippen LogP contribution in [0.2, 0.25) is 0 Å². The van der Waals surface area contributed by atoms with Crippen LogP contribution in [0.1, 0.15) is 41.6 Å². The van der Waals surface area contributed by atoms with Crippen LogP contribution in [0.5, 0.6) is 0 Å². The number of carboxylic acid groups (broad SMARTS) is 1. The fourth-order valence-electron chi connectivity index (χ4n) is 1.16. The van der Waals surface area contributed by atoms with Gasteiger partial charge in [-0.25, -0.2) is 9.78 Å². The standard InChI is InChI=1S/C9H13NO2S/c1-2-3-4-5-7-8(9(11)12)13-6-10-7/h6H,2-5H2,1H3,(H,11,12). The molecule has 13 heavy (non-hydrogen) atoms. The van der Waals surface area contributed by atoms with Gasteiger partial charge in [-0.3, -0.25) is 0 Å². The number of aryl methyl sites for hydroxylation is 1. The van der Waals surface area contributed by atoms with Crippen molar-refractivity contribution in [3.05, 3.63) is 16.1 Å². The third-order valence-electron chi connectivity index (χ3n) is 1.85. The summed E-state index contributed by atoms with van der Waals surface area (Å²) < 4.78 is 0. The fourth-order valence-corrected chi connectivity index (χ4v) is 1.84. The number of hydrogen-bond acceptors (Lipinski definition) is 3. The number of aromatic nitrogens is 1. The molecule has 1 rings (SSSR count). The number of aromatic carboxylic acids is 1. The van der Waals surface area contributed by atoms with Crippen molar-refractivity contribution in [2.75, 3.05) is 0 Å². The summed E-state index contributed by atoms with van der Waals surface area (Å²) in [5.41, 5.74) is 2.34. The van der Waals surface area contributed by atoms with E-state index in [2.05, 4.69) is 11.9 Å². The summed E-state index contributed by atoms with van der Waals surface area (Å²) in [5.74, 6) is -0.853. The monoisotopic (exact) mass is 199 g/mol. The highest BCUT2D eigenvalue weighted by atomic mass is 32.1. The average Bonchev–Trinajstić information content (AvgIpc) is 2.53. The van der Waals surface area contributed by atoms with Gasteiger partial charge < -0.3 is 5.11 Å². The van der Waals surface area contributed by atoms with Crippen LogP contribution >= 0.6 is 11.3 Å². The summed E-state index contributed by atoms with van der Waals surface area (Å²) in [6, 6.07) is 0. The van der Waals surface area contributed by atoms with Crippen molar-refractivity contribution in [2.45, 2.75) is 32.6 Å². The summed E-state index contributed by atoms with van der Waals surface area (Å²) in [4.78, 5) is 15.1. The largest absolute Gasteiger partial charge is 0.477 e. The van der Waals surface area contributed by atoms with E-state index in [-0.39, 0.29) is 0 Å². The first kappa shape index (κ1) is 10.2. The quantitative estimate of drug-likeness (QED) is 0.741. The van der Waals surface area contributed by atoms with Crippen molar-refractivity contribution in [3.63, 3.8) is 0 Å². The number of nitrogens with zero attached hydrogens (tertiary/aromatic N) is 1. The third-order valence-corrected chi connectivity index (χ3v) is 2.71. The number of carboxylic acids is 1. The lowest BCUT2D eigenvalue weighted by Gasteiger charge is -1.97. The maximum atomic E-state index is 10.7. The van der Waals surface area contributed by atoms with Crippen molar-refractivity contribution in [1.82, 2.24) is 4.98 Å². The van der Waals surface area contributed by atoms with E-state index in [1.54, 1.807) is 5.51 Å². The Morgan fingerprint density at radius 1 is 1.62 bits per heavy atom. The van der Waals surface area contributed by atoms with E-state index in [4.69, 9.17) is 5.11 Å². The second-order valence-electron chi connectivity index (χ2n) is 2.89. The van der Waals surface area contributed by atoms with E-state index < -0.39 is 5.97 Å². The van der Waals surface area contributed by atoms with Crippen molar-refractivity contribution in [2.24, 2.45) is 0 Å². The van der Waals surface area contributed by atoms with Gasteiger partial charge in [-0.05, 0) is 12.8 Å². The molecule has 1 aromatic rings. The first-order valence-electron chi connectivity index (χ1n) is 4.41. The molecule has 0 aliphatic carbocycles. The van der Waals surface area contributed by atoms with Gasteiger partial charge in [0.2, 0.25) is 0 Å². The molecule has 0 spiro atoms. The molecule has 0 bridgehead atoms. The van der Waals surface area contributed by atoms with Crippen LogP contribution in [0.3, 0.4) is 0 Å². The smallest absolute Gasteiger partial charge is 0.347 e. The molecule has 0 atom stereocenters. The highest BCUT2D eigenvalue weighted by Gasteiger charge is 2.11. The predicted molar refractivity (Wildman–Crippen MR) is 52.3 cm³/mol. The Balaban J connectivity index is 2.55. The molecule has 0 aliphatic heterocycles. The molecular weight excluding hydrogens is 186 g/mol. The topological polar surface area (TPSA) is 50.2 Å². The Bertz CT molecular complexity index is 283. The lowest BCUT2D eigenvalue weighted by atomic mass is 10.1. The Hall–Kier alpha value is -0.900. The molecule has 0 fully saturated rings. The van der Waals surface area contributed by atoms with Gasteiger partial charge in [-0.1, -0.05) is 19.8 Å². The second kappa shape index (κ2) is 4.97. The minimum absolute atomic E-state index is 0.399. The fraction of sp³-hybridized carbons (Fsp3) is 0.556. The average molecular weight is 199 g/mol. The van der Waals surface area contributed by atoms with Gasteiger partial charge in [0.05, 0.1) is 11.2 Å². The Morgan fingerprint density at radius 2 is 2.38 bits per heavy atom. The molecule has 0 unspecified atom stereocenters. The van der Waals surface area contributed by atoms with Crippen LogP contribution in [-0.4, -0.2) is 16.1 Å². The lowest BCUT2D eigenvalue weighted by molar-refractivity contribution is 0.0700. The molecule has 0 aromatic carbocycles. The summed E-state index contributed by atoms with van der Waals surface area (Å²) in [7, 11) is 0. The first-order chi connectivity index (χ1) is 6.25. The van der Waals surface area contributed by atoms with Crippen molar-refractivity contribution < 1.29 is 9.90 Å². The number of rotatable bonds is 5. The van der Waals surface area contributed by atoms with E-state index in [1.807, 2.05) is 0 Å². The third kappa shape index (κ3) is 2.81. The predicted octanol–water partition coefficient (Wildman–Crippen LogP) is 2.57. The van der Waals surface area contributed by atoms with Gasteiger partial charge >= 0.3 is 5.97 Å². The van der Waals surface area contributed by atoms with Crippen LogP contribution in [0, 0.1) is 0 Å². The molecule has 72 valence electrons. The van der Waals surface area contributed by atoms with Crippen LogP contribution < -0.4 is 0 Å². The Kier molecular flexibility index (Phi) is 3.89. The maximum absolute atomic E-state index is 10.7. The molecule has 0 saturated carbocycles. The van der Waals surface area contributed by atoms with Crippen molar-refractivity contribution in [1.29, 1.82) is 0 Å². The molecule has 0 radical (unpaired) electrons. The van der Waals surface area contributed by atoms with Gasteiger partial charge in [-0.2, -0.15) is 0 Å². The summed E-state index contributed by atoms with van der Waals surface area (Å²) >= 11 is 1.21. The van der Waals surface area contributed by atoms with E-state index in [0.717, 1.165) is 31.4 Å². The Morgan fingerprint density at radius 3 is 3.00 bits per heavy atom. The van der Waals surface area contributed by atoms with E-state index in [1.165, 1.54) is 11.3 Å². The van der Waals surface area contributed by atoms with Crippen LogP contribution in [0.4, 0.5) is 0 Å². The molecule has 0 aliphatic rings. The van der Waals surface area contributed by atoms with E-state index >= 15 is 0 Å². The zero-order chi connectivity index (χ0) is 9.68. The van der Waals surface area contributed by atoms with Crippen LogP contribution in [0.15, 0.2) is 5.51 Å². The van der Waals surface area contributed by atoms with E-state index in [0.29, 0.717) is 4.88 Å². The second-order valence-corrected chi connectivity index (χ2v) is 3.75. The minimum Gasteiger partial charge on any atom is -0.477 e. The molecule has 0 amide bonds. The van der Waals surface area contributed by atoms with Crippen molar-refractivity contribution >= 4 is 17.3 Å². The number of hydrogen-bond donors (Lipinski definition) is 1.